The van der Waals surface area contributed by atoms with Crippen LogP contribution in [0.4, 0.5) is 11.4 Å². The van der Waals surface area contributed by atoms with Gasteiger partial charge in [-0.25, -0.2) is 0 Å². The minimum absolute atomic E-state index is 0.862. The molecule has 0 saturated carbocycles. The van der Waals surface area contributed by atoms with E-state index in [1.165, 1.54) is 43.4 Å². The van der Waals surface area contributed by atoms with E-state index in [1.54, 1.807) is 0 Å². The average Bonchev–Trinajstić information content (AvgIpc) is 3.49. The Kier molecular flexibility index (Phi) is 5.54. The van der Waals surface area contributed by atoms with Crippen molar-refractivity contribution in [3.63, 3.8) is 0 Å². The molecule has 0 unspecified atom stereocenters. The minimum Gasteiger partial charge on any atom is -0.453 e. The summed E-state index contributed by atoms with van der Waals surface area (Å²) in [5.41, 5.74) is 8.43. The lowest BCUT2D eigenvalue weighted by Gasteiger charge is -2.10. The lowest BCUT2D eigenvalue weighted by molar-refractivity contribution is 0.671. The zero-order chi connectivity index (χ0) is 29.0. The van der Waals surface area contributed by atoms with Crippen LogP contribution in [0.2, 0.25) is 0 Å². The summed E-state index contributed by atoms with van der Waals surface area (Å²) in [7, 11) is 0. The van der Waals surface area contributed by atoms with Gasteiger partial charge in [-0.3, -0.25) is 0 Å². The van der Waals surface area contributed by atoms with E-state index in [4.69, 9.17) is 4.42 Å². The molecule has 0 amide bonds. The Labute approximate surface area is 254 Å². The van der Waals surface area contributed by atoms with Crippen LogP contribution in [0.1, 0.15) is 0 Å². The van der Waals surface area contributed by atoms with Crippen molar-refractivity contribution in [1.29, 1.82) is 0 Å². The second kappa shape index (κ2) is 9.86. The number of furan rings is 1. The Morgan fingerprint density at radius 2 is 1.05 bits per heavy atom. The molecule has 0 aliphatic heterocycles. The van der Waals surface area contributed by atoms with Gasteiger partial charge < -0.3 is 9.73 Å². The van der Waals surface area contributed by atoms with E-state index in [2.05, 4.69) is 163 Å². The van der Waals surface area contributed by atoms with Crippen LogP contribution in [0.5, 0.6) is 0 Å². The van der Waals surface area contributed by atoms with Crippen molar-refractivity contribution in [3.8, 4) is 22.3 Å². The van der Waals surface area contributed by atoms with Crippen LogP contribution in [0.3, 0.4) is 0 Å². The lowest BCUT2D eigenvalue weighted by atomic mass is 9.96. The van der Waals surface area contributed by atoms with Crippen molar-refractivity contribution >= 4 is 65.6 Å². The molecule has 0 bridgehead atoms. The summed E-state index contributed by atoms with van der Waals surface area (Å²) >= 11 is 0. The van der Waals surface area contributed by atoms with Gasteiger partial charge in [0.05, 0.1) is 5.69 Å². The van der Waals surface area contributed by atoms with Crippen molar-refractivity contribution < 1.29 is 4.42 Å². The van der Waals surface area contributed by atoms with Crippen LogP contribution < -0.4 is 5.32 Å². The topological polar surface area (TPSA) is 25.2 Å². The average molecular weight is 562 g/mol. The van der Waals surface area contributed by atoms with Gasteiger partial charge in [0.15, 0.2) is 5.58 Å². The summed E-state index contributed by atoms with van der Waals surface area (Å²) in [6.45, 7) is 0. The molecular weight excluding hydrogens is 534 g/mol. The van der Waals surface area contributed by atoms with Crippen LogP contribution >= 0.6 is 0 Å². The van der Waals surface area contributed by atoms with Crippen molar-refractivity contribution in [2.45, 2.75) is 0 Å². The largest absolute Gasteiger partial charge is 0.453 e. The van der Waals surface area contributed by atoms with Crippen LogP contribution in [0.25, 0.3) is 76.5 Å². The number of para-hydroxylation sites is 1. The monoisotopic (exact) mass is 561 g/mol. The number of nitrogens with one attached hydrogen (secondary N) is 1. The van der Waals surface area contributed by atoms with Crippen LogP contribution in [-0.4, -0.2) is 0 Å². The molecule has 1 N–H and O–H groups in total. The molecule has 0 spiro atoms. The van der Waals surface area contributed by atoms with Gasteiger partial charge in [-0.05, 0) is 85.4 Å². The third-order valence-electron chi connectivity index (χ3n) is 8.78. The van der Waals surface area contributed by atoms with Gasteiger partial charge in [0.25, 0.3) is 0 Å². The summed E-state index contributed by atoms with van der Waals surface area (Å²) in [4.78, 5) is 0. The normalized spacial score (nSPS) is 11.6. The zero-order valence-electron chi connectivity index (χ0n) is 23.9. The lowest BCUT2D eigenvalue weighted by Crippen LogP contribution is -1.91. The van der Waals surface area contributed by atoms with Gasteiger partial charge in [0, 0.05) is 22.0 Å². The molecular formula is C42H27NO. The number of anilines is 2. The van der Waals surface area contributed by atoms with Gasteiger partial charge in [-0.15, -0.1) is 0 Å². The highest BCUT2D eigenvalue weighted by molar-refractivity contribution is 6.24. The number of benzene rings is 8. The maximum absolute atomic E-state index is 6.79. The first-order valence-electron chi connectivity index (χ1n) is 15.0. The minimum atomic E-state index is 0.862. The molecule has 1 aromatic heterocycles. The Hall–Kier alpha value is -5.86. The predicted molar refractivity (Wildman–Crippen MR) is 187 cm³/mol. The number of hydrogen-bond acceptors (Lipinski definition) is 2. The summed E-state index contributed by atoms with van der Waals surface area (Å²) in [5, 5.41) is 13.3. The van der Waals surface area contributed by atoms with E-state index < -0.39 is 0 Å². The van der Waals surface area contributed by atoms with Crippen LogP contribution in [-0.2, 0) is 0 Å². The van der Waals surface area contributed by atoms with E-state index in [9.17, 15) is 0 Å². The van der Waals surface area contributed by atoms with Crippen molar-refractivity contribution in [3.05, 3.63) is 158 Å². The Morgan fingerprint density at radius 1 is 0.386 bits per heavy atom. The molecule has 9 aromatic rings. The number of rotatable bonds is 4. The van der Waals surface area contributed by atoms with Crippen molar-refractivity contribution in [2.75, 3.05) is 5.32 Å². The fourth-order valence-corrected chi connectivity index (χ4v) is 6.61. The quantitative estimate of drug-likeness (QED) is 0.231. The molecule has 0 atom stereocenters. The molecule has 1 heterocycles. The van der Waals surface area contributed by atoms with E-state index in [0.717, 1.165) is 44.4 Å². The van der Waals surface area contributed by atoms with Crippen LogP contribution in [0, 0.1) is 0 Å². The van der Waals surface area contributed by atoms with E-state index in [-0.39, 0.29) is 0 Å². The molecule has 0 aliphatic carbocycles. The highest BCUT2D eigenvalue weighted by atomic mass is 16.3. The molecule has 206 valence electrons. The van der Waals surface area contributed by atoms with Gasteiger partial charge in [-0.2, -0.15) is 0 Å². The van der Waals surface area contributed by atoms with Crippen molar-refractivity contribution in [1.82, 2.24) is 0 Å². The molecule has 2 nitrogen and oxygen atoms in total. The molecule has 9 rings (SSSR count). The van der Waals surface area contributed by atoms with Gasteiger partial charge in [-0.1, -0.05) is 121 Å². The van der Waals surface area contributed by atoms with E-state index in [1.807, 2.05) is 0 Å². The highest BCUT2D eigenvalue weighted by Gasteiger charge is 2.18. The number of fused-ring (bicyclic) bond motifs is 7. The molecule has 2 heteroatoms. The Bertz CT molecular complexity index is 2520. The van der Waals surface area contributed by atoms with Crippen molar-refractivity contribution in [2.24, 2.45) is 0 Å². The maximum atomic E-state index is 6.79. The second-order valence-corrected chi connectivity index (χ2v) is 11.5. The fourth-order valence-electron chi connectivity index (χ4n) is 6.61. The molecule has 0 radical (unpaired) electrons. The molecule has 0 fully saturated rings. The maximum Gasteiger partial charge on any atom is 0.158 e. The summed E-state index contributed by atoms with van der Waals surface area (Å²) < 4.78 is 6.79. The molecule has 0 saturated heterocycles. The summed E-state index contributed by atoms with van der Waals surface area (Å²) in [6, 6.07) is 56.2. The SMILES string of the molecule is c1ccc(-c2cc3ccccc3c3c2oc2c(Nc4ccc5ccc(-c6ccc7ccccc7c6)cc5c4)cccc23)cc1. The third kappa shape index (κ3) is 4.04. The first-order chi connectivity index (χ1) is 21.8. The Balaban J connectivity index is 1.17. The van der Waals surface area contributed by atoms with Crippen LogP contribution in [0.15, 0.2) is 162 Å². The molecule has 8 aromatic carbocycles. The molecule has 0 aliphatic rings. The summed E-state index contributed by atoms with van der Waals surface area (Å²) in [5.74, 6) is 0. The standard InChI is InChI=1S/C42H27NO/c1-2-10-29(11-3-1)38-26-33-13-6-7-14-36(33)40-37-15-8-16-39(41(37)44-42(38)40)43-35-22-21-28-18-20-32(24-34(28)25-35)31-19-17-27-9-4-5-12-30(27)23-31/h1-26,43H. The molecule has 44 heavy (non-hydrogen) atoms. The van der Waals surface area contributed by atoms with Gasteiger partial charge in [0.1, 0.15) is 5.58 Å². The number of hydrogen-bond donors (Lipinski definition) is 1. The Morgan fingerprint density at radius 3 is 1.89 bits per heavy atom. The first-order valence-corrected chi connectivity index (χ1v) is 15.0. The zero-order valence-corrected chi connectivity index (χ0v) is 23.9. The second-order valence-electron chi connectivity index (χ2n) is 11.5. The summed E-state index contributed by atoms with van der Waals surface area (Å²) in [6.07, 6.45) is 0. The van der Waals surface area contributed by atoms with E-state index >= 15 is 0 Å². The van der Waals surface area contributed by atoms with E-state index in [0.29, 0.717) is 0 Å². The first kappa shape index (κ1) is 24.7. The fraction of sp³-hybridized carbons (Fsp3) is 0. The predicted octanol–water partition coefficient (Wildman–Crippen LogP) is 12.1. The van der Waals surface area contributed by atoms with Gasteiger partial charge in [0.2, 0.25) is 0 Å². The smallest absolute Gasteiger partial charge is 0.158 e. The third-order valence-corrected chi connectivity index (χ3v) is 8.78. The highest BCUT2D eigenvalue weighted by Crippen LogP contribution is 2.43. The van der Waals surface area contributed by atoms with Gasteiger partial charge >= 0.3 is 0 Å².